The molecule has 21 heavy (non-hydrogen) atoms. The third-order valence-corrected chi connectivity index (χ3v) is 2.64. The molecule has 0 saturated carbocycles. The van der Waals surface area contributed by atoms with Gasteiger partial charge in [-0.2, -0.15) is 5.26 Å². The summed E-state index contributed by atoms with van der Waals surface area (Å²) in [5.41, 5.74) is -0.940. The minimum atomic E-state index is -1.48. The van der Waals surface area contributed by atoms with Crippen molar-refractivity contribution < 1.29 is 19.6 Å². The van der Waals surface area contributed by atoms with Gasteiger partial charge in [0.15, 0.2) is 5.56 Å². The Morgan fingerprint density at radius 3 is 2.48 bits per heavy atom. The zero-order valence-corrected chi connectivity index (χ0v) is 10.5. The number of nitro benzene ring substituents is 1. The third kappa shape index (κ3) is 2.79. The van der Waals surface area contributed by atoms with Crippen molar-refractivity contribution in [3.8, 4) is 17.6 Å². The Labute approximate surface area is 118 Å². The van der Waals surface area contributed by atoms with Crippen molar-refractivity contribution in [3.05, 3.63) is 63.7 Å². The molecule has 0 aliphatic rings. The normalized spacial score (nSPS) is 9.67. The summed E-state index contributed by atoms with van der Waals surface area (Å²) in [6.45, 7) is 0. The SMILES string of the molecule is N#Cc1ccccc1Oc1cccc([N+](=O)[O-])c1C(=O)O. The highest BCUT2D eigenvalue weighted by Gasteiger charge is 2.25. The lowest BCUT2D eigenvalue weighted by Gasteiger charge is -2.09. The van der Waals surface area contributed by atoms with E-state index < -0.39 is 22.1 Å². The van der Waals surface area contributed by atoms with Crippen LogP contribution in [0.15, 0.2) is 42.5 Å². The van der Waals surface area contributed by atoms with Crippen LogP contribution in [-0.4, -0.2) is 16.0 Å². The molecule has 2 aromatic rings. The van der Waals surface area contributed by atoms with Crippen LogP contribution >= 0.6 is 0 Å². The van der Waals surface area contributed by atoms with Crippen LogP contribution in [0.3, 0.4) is 0 Å². The van der Waals surface area contributed by atoms with Gasteiger partial charge in [0.05, 0.1) is 10.5 Å². The summed E-state index contributed by atoms with van der Waals surface area (Å²) in [6, 6.07) is 11.8. The van der Waals surface area contributed by atoms with Gasteiger partial charge < -0.3 is 9.84 Å². The van der Waals surface area contributed by atoms with Crippen LogP contribution in [0.5, 0.6) is 11.5 Å². The highest BCUT2D eigenvalue weighted by atomic mass is 16.6. The first-order valence-electron chi connectivity index (χ1n) is 5.72. The molecule has 104 valence electrons. The van der Waals surface area contributed by atoms with Gasteiger partial charge in [-0.25, -0.2) is 4.79 Å². The molecule has 0 radical (unpaired) electrons. The summed E-state index contributed by atoms with van der Waals surface area (Å²) in [6.07, 6.45) is 0. The highest BCUT2D eigenvalue weighted by Crippen LogP contribution is 2.33. The molecule has 0 atom stereocenters. The van der Waals surface area contributed by atoms with Gasteiger partial charge in [0.1, 0.15) is 17.6 Å². The van der Waals surface area contributed by atoms with E-state index in [1.807, 2.05) is 6.07 Å². The van der Waals surface area contributed by atoms with E-state index in [-0.39, 0.29) is 17.1 Å². The second-order valence-corrected chi connectivity index (χ2v) is 3.92. The lowest BCUT2D eigenvalue weighted by atomic mass is 10.1. The zero-order valence-electron chi connectivity index (χ0n) is 10.5. The number of carboxylic acids is 1. The first-order valence-corrected chi connectivity index (χ1v) is 5.72. The molecule has 0 fully saturated rings. The number of aromatic carboxylic acids is 1. The second-order valence-electron chi connectivity index (χ2n) is 3.92. The molecule has 0 aliphatic heterocycles. The molecule has 0 aliphatic carbocycles. The van der Waals surface area contributed by atoms with Crippen LogP contribution < -0.4 is 4.74 Å². The molecule has 0 spiro atoms. The van der Waals surface area contributed by atoms with Crippen LogP contribution in [0.25, 0.3) is 0 Å². The maximum atomic E-state index is 11.2. The van der Waals surface area contributed by atoms with Crippen LogP contribution in [0.1, 0.15) is 15.9 Å². The summed E-state index contributed by atoms with van der Waals surface area (Å²) < 4.78 is 5.38. The number of rotatable bonds is 4. The van der Waals surface area contributed by atoms with Crippen molar-refractivity contribution in [1.82, 2.24) is 0 Å². The van der Waals surface area contributed by atoms with E-state index >= 15 is 0 Å². The number of benzene rings is 2. The lowest BCUT2D eigenvalue weighted by Crippen LogP contribution is -2.05. The van der Waals surface area contributed by atoms with Crippen molar-refractivity contribution >= 4 is 11.7 Å². The molecule has 0 saturated heterocycles. The smallest absolute Gasteiger partial charge is 0.346 e. The van der Waals surface area contributed by atoms with Gasteiger partial charge in [0.2, 0.25) is 0 Å². The third-order valence-electron chi connectivity index (χ3n) is 2.64. The lowest BCUT2D eigenvalue weighted by molar-refractivity contribution is -0.385. The minimum absolute atomic E-state index is 0.128. The minimum Gasteiger partial charge on any atom is -0.477 e. The van der Waals surface area contributed by atoms with Gasteiger partial charge in [0.25, 0.3) is 5.69 Å². The van der Waals surface area contributed by atoms with Gasteiger partial charge in [-0.3, -0.25) is 10.1 Å². The molecule has 0 amide bonds. The number of para-hydroxylation sites is 1. The molecular weight excluding hydrogens is 276 g/mol. The molecule has 2 aromatic carbocycles. The Kier molecular flexibility index (Phi) is 3.81. The molecular formula is C14H8N2O5. The number of carbonyl (C=O) groups is 1. The van der Waals surface area contributed by atoms with E-state index in [4.69, 9.17) is 15.1 Å². The van der Waals surface area contributed by atoms with Crippen molar-refractivity contribution in [2.75, 3.05) is 0 Å². The Bertz CT molecular complexity index is 764. The van der Waals surface area contributed by atoms with E-state index in [2.05, 4.69) is 0 Å². The van der Waals surface area contributed by atoms with Crippen molar-refractivity contribution in [2.24, 2.45) is 0 Å². The van der Waals surface area contributed by atoms with Crippen molar-refractivity contribution in [3.63, 3.8) is 0 Å². The summed E-state index contributed by atoms with van der Waals surface area (Å²) >= 11 is 0. The zero-order chi connectivity index (χ0) is 15.4. The Hall–Kier alpha value is -3.40. The highest BCUT2D eigenvalue weighted by molar-refractivity contribution is 5.95. The largest absolute Gasteiger partial charge is 0.477 e. The maximum absolute atomic E-state index is 11.2. The standard InChI is InChI=1S/C14H8N2O5/c15-8-9-4-1-2-6-11(9)21-12-7-3-5-10(16(19)20)13(12)14(17)18/h1-7H,(H,17,18). The van der Waals surface area contributed by atoms with Crippen LogP contribution in [0.4, 0.5) is 5.69 Å². The first-order chi connectivity index (χ1) is 10.0. The number of nitrogens with zero attached hydrogens (tertiary/aromatic N) is 2. The predicted octanol–water partition coefficient (Wildman–Crippen LogP) is 2.96. The molecule has 7 nitrogen and oxygen atoms in total. The topological polar surface area (TPSA) is 113 Å². The molecule has 0 aromatic heterocycles. The van der Waals surface area contributed by atoms with Crippen molar-refractivity contribution in [1.29, 1.82) is 5.26 Å². The monoisotopic (exact) mass is 284 g/mol. The van der Waals surface area contributed by atoms with Crippen LogP contribution in [-0.2, 0) is 0 Å². The summed E-state index contributed by atoms with van der Waals surface area (Å²) in [5.74, 6) is -1.55. The van der Waals surface area contributed by atoms with E-state index in [9.17, 15) is 14.9 Å². The molecule has 0 heterocycles. The Balaban J connectivity index is 2.55. The average molecular weight is 284 g/mol. The molecule has 0 unspecified atom stereocenters. The Morgan fingerprint density at radius 1 is 1.19 bits per heavy atom. The van der Waals surface area contributed by atoms with E-state index in [0.717, 1.165) is 6.07 Å². The number of nitro groups is 1. The number of ether oxygens (including phenoxy) is 1. The van der Waals surface area contributed by atoms with Crippen LogP contribution in [0.2, 0.25) is 0 Å². The molecule has 7 heteroatoms. The fourth-order valence-corrected chi connectivity index (χ4v) is 1.74. The molecule has 0 bridgehead atoms. The van der Waals surface area contributed by atoms with Crippen LogP contribution in [0, 0.1) is 21.4 Å². The van der Waals surface area contributed by atoms with E-state index in [1.165, 1.54) is 24.3 Å². The maximum Gasteiger partial charge on any atom is 0.346 e. The summed E-state index contributed by atoms with van der Waals surface area (Å²) in [4.78, 5) is 21.3. The number of nitriles is 1. The average Bonchev–Trinajstić information content (AvgIpc) is 2.47. The summed E-state index contributed by atoms with van der Waals surface area (Å²) in [5, 5.41) is 29.0. The molecule has 2 rings (SSSR count). The Morgan fingerprint density at radius 2 is 1.86 bits per heavy atom. The van der Waals surface area contributed by atoms with Gasteiger partial charge in [0, 0.05) is 6.07 Å². The fraction of sp³-hybridized carbons (Fsp3) is 0. The van der Waals surface area contributed by atoms with E-state index in [0.29, 0.717) is 0 Å². The second kappa shape index (κ2) is 5.71. The number of hydrogen-bond donors (Lipinski definition) is 1. The summed E-state index contributed by atoms with van der Waals surface area (Å²) in [7, 11) is 0. The van der Waals surface area contributed by atoms with Gasteiger partial charge in [-0.05, 0) is 18.2 Å². The fourth-order valence-electron chi connectivity index (χ4n) is 1.74. The first kappa shape index (κ1) is 14.0. The quantitative estimate of drug-likeness (QED) is 0.682. The van der Waals surface area contributed by atoms with Crippen molar-refractivity contribution in [2.45, 2.75) is 0 Å². The van der Waals surface area contributed by atoms with Gasteiger partial charge in [-0.15, -0.1) is 0 Å². The molecule has 1 N–H and O–H groups in total. The predicted molar refractivity (Wildman–Crippen MR) is 71.3 cm³/mol. The van der Waals surface area contributed by atoms with Gasteiger partial charge in [-0.1, -0.05) is 18.2 Å². The van der Waals surface area contributed by atoms with E-state index in [1.54, 1.807) is 12.1 Å². The number of hydrogen-bond acceptors (Lipinski definition) is 5. The van der Waals surface area contributed by atoms with Gasteiger partial charge >= 0.3 is 5.97 Å². The number of carboxylic acid groups (broad SMARTS) is 1.